The van der Waals surface area contributed by atoms with E-state index in [0.717, 1.165) is 51.9 Å². The van der Waals surface area contributed by atoms with Gasteiger partial charge in [0.2, 0.25) is 0 Å². The summed E-state index contributed by atoms with van der Waals surface area (Å²) >= 11 is 0. The molecule has 0 bridgehead atoms. The molecule has 4 rings (SSSR count). The fraction of sp³-hybridized carbons (Fsp3) is 0.871. The zero-order valence-electron chi connectivity index (χ0n) is 28.3. The summed E-state index contributed by atoms with van der Waals surface area (Å²) in [6.45, 7) is 20.3. The van der Waals surface area contributed by atoms with Gasteiger partial charge in [-0.05, 0) is 74.1 Å². The molecule has 45 heavy (non-hydrogen) atoms. The van der Waals surface area contributed by atoms with Gasteiger partial charge in [0.1, 0.15) is 11.2 Å². The molecule has 0 radical (unpaired) electrons. The number of esters is 2. The van der Waals surface area contributed by atoms with Crippen molar-refractivity contribution in [2.24, 2.45) is 11.8 Å². The van der Waals surface area contributed by atoms with Gasteiger partial charge < -0.3 is 19.1 Å². The Balaban J connectivity index is 1.12. The number of piperazine rings is 2. The minimum absolute atomic E-state index is 0.0808. The molecule has 256 valence electrons. The summed E-state index contributed by atoms with van der Waals surface area (Å²) in [5, 5.41) is 12.0. The molecule has 0 aromatic rings. The number of carbonyl (C=O) groups excluding carboxylic acids is 4. The van der Waals surface area contributed by atoms with E-state index in [0.29, 0.717) is 45.8 Å². The van der Waals surface area contributed by atoms with E-state index in [4.69, 9.17) is 19.1 Å². The molecule has 4 heterocycles. The van der Waals surface area contributed by atoms with Crippen molar-refractivity contribution in [2.45, 2.75) is 91.4 Å². The molecule has 0 aromatic heterocycles. The second-order valence-corrected chi connectivity index (χ2v) is 14.6. The number of ether oxygens (including phenoxy) is 2. The van der Waals surface area contributed by atoms with Crippen LogP contribution >= 0.6 is 0 Å². The van der Waals surface area contributed by atoms with Crippen molar-refractivity contribution in [1.29, 1.82) is 0 Å². The number of carbonyl (C=O) groups is 4. The molecule has 4 fully saturated rings. The third-order valence-electron chi connectivity index (χ3n) is 8.56. The lowest BCUT2D eigenvalue weighted by Crippen LogP contribution is -2.59. The maximum Gasteiger partial charge on any atom is 0.438 e. The summed E-state index contributed by atoms with van der Waals surface area (Å²) in [5.41, 5.74) is -0.963. The van der Waals surface area contributed by atoms with Crippen LogP contribution in [0, 0.1) is 11.8 Å². The lowest BCUT2D eigenvalue weighted by atomic mass is 9.97. The van der Waals surface area contributed by atoms with E-state index >= 15 is 0 Å². The molecule has 14 nitrogen and oxygen atoms in total. The van der Waals surface area contributed by atoms with Gasteiger partial charge in [-0.25, -0.2) is 29.6 Å². The van der Waals surface area contributed by atoms with Gasteiger partial charge in [-0.1, -0.05) is 0 Å². The molecular formula is C31H54N6O8. The van der Waals surface area contributed by atoms with Gasteiger partial charge in [-0.3, -0.25) is 9.59 Å². The van der Waals surface area contributed by atoms with Crippen molar-refractivity contribution in [3.05, 3.63) is 0 Å². The Morgan fingerprint density at radius 3 is 1.38 bits per heavy atom. The van der Waals surface area contributed by atoms with Crippen LogP contribution in [0.4, 0.5) is 0 Å². The average Bonchev–Trinajstić information content (AvgIpc) is 2.97. The maximum absolute atomic E-state index is 12.6. The first kappa shape index (κ1) is 35.5. The number of hydrogen-bond acceptors (Lipinski definition) is 14. The van der Waals surface area contributed by atoms with Gasteiger partial charge in [-0.2, -0.15) is 0 Å². The fourth-order valence-corrected chi connectivity index (χ4v) is 6.20. The molecule has 0 saturated carbocycles. The van der Waals surface area contributed by atoms with E-state index in [9.17, 15) is 19.2 Å². The standard InChI is InChI=1S/C31H54N6O8/c1-23-22-35(33-14-10-25(11-15-33)27(39)43-31(5,6)7)18-21-37(23)45-29(41)28(40)44-36-19-16-34(17-20-36)32-12-8-24(9-13-32)26(38)42-30(2,3)4/h23-25H,8-22H2,1-7H3. The Morgan fingerprint density at radius 2 is 0.933 bits per heavy atom. The highest BCUT2D eigenvalue weighted by Crippen LogP contribution is 2.25. The van der Waals surface area contributed by atoms with Crippen molar-refractivity contribution in [3.63, 3.8) is 0 Å². The predicted molar refractivity (Wildman–Crippen MR) is 163 cm³/mol. The molecule has 4 saturated heterocycles. The smallest absolute Gasteiger partial charge is 0.438 e. The molecule has 0 spiro atoms. The van der Waals surface area contributed by atoms with Gasteiger partial charge in [-0.15, -0.1) is 10.1 Å². The zero-order chi connectivity index (χ0) is 32.9. The largest absolute Gasteiger partial charge is 0.460 e. The molecule has 4 aliphatic heterocycles. The minimum Gasteiger partial charge on any atom is -0.460 e. The quantitative estimate of drug-likeness (QED) is 0.308. The summed E-state index contributed by atoms with van der Waals surface area (Å²) < 4.78 is 11.1. The number of hydrogen-bond donors (Lipinski definition) is 0. The highest BCUT2D eigenvalue weighted by molar-refractivity contribution is 6.29. The summed E-state index contributed by atoms with van der Waals surface area (Å²) in [4.78, 5) is 60.9. The molecule has 0 N–H and O–H groups in total. The molecule has 0 amide bonds. The van der Waals surface area contributed by atoms with Crippen LogP contribution in [0.1, 0.15) is 74.1 Å². The Kier molecular flexibility index (Phi) is 11.9. The summed E-state index contributed by atoms with van der Waals surface area (Å²) in [6.07, 6.45) is 2.97. The van der Waals surface area contributed by atoms with Crippen LogP contribution < -0.4 is 0 Å². The number of hydroxylamine groups is 4. The molecule has 4 aliphatic rings. The Labute approximate surface area is 267 Å². The van der Waals surface area contributed by atoms with E-state index < -0.39 is 23.1 Å². The highest BCUT2D eigenvalue weighted by Gasteiger charge is 2.37. The van der Waals surface area contributed by atoms with Crippen molar-refractivity contribution in [1.82, 2.24) is 30.2 Å². The van der Waals surface area contributed by atoms with Gasteiger partial charge in [0, 0.05) is 72.0 Å². The molecule has 14 heteroatoms. The van der Waals surface area contributed by atoms with Crippen molar-refractivity contribution in [2.75, 3.05) is 72.0 Å². The molecule has 1 unspecified atom stereocenters. The third kappa shape index (κ3) is 10.6. The van der Waals surface area contributed by atoms with Gasteiger partial charge >= 0.3 is 23.9 Å². The maximum atomic E-state index is 12.6. The number of nitrogens with zero attached hydrogens (tertiary/aromatic N) is 6. The van der Waals surface area contributed by atoms with E-state index in [-0.39, 0.29) is 29.8 Å². The summed E-state index contributed by atoms with van der Waals surface area (Å²) in [7, 11) is 0. The highest BCUT2D eigenvalue weighted by atomic mass is 16.8. The fourth-order valence-electron chi connectivity index (χ4n) is 6.20. The minimum atomic E-state index is -1.03. The van der Waals surface area contributed by atoms with Crippen LogP contribution in [0.15, 0.2) is 0 Å². The molecule has 1 atom stereocenters. The first-order valence-corrected chi connectivity index (χ1v) is 16.5. The molecule has 0 aromatic carbocycles. The topological polar surface area (TPSA) is 125 Å². The normalized spacial score (nSPS) is 25.1. The number of rotatable bonds is 6. The number of piperidine rings is 2. The Bertz CT molecular complexity index is 1040. The summed E-state index contributed by atoms with van der Waals surface area (Å²) in [6, 6.07) is -0.123. The van der Waals surface area contributed by atoms with E-state index in [1.165, 1.54) is 5.06 Å². The van der Waals surface area contributed by atoms with Crippen LogP contribution in [0.3, 0.4) is 0 Å². The van der Waals surface area contributed by atoms with Crippen molar-refractivity contribution >= 4 is 23.9 Å². The van der Waals surface area contributed by atoms with Crippen LogP contribution in [0.25, 0.3) is 0 Å². The lowest BCUT2D eigenvalue weighted by Gasteiger charge is -2.45. The molecular weight excluding hydrogens is 584 g/mol. The zero-order valence-corrected chi connectivity index (χ0v) is 28.3. The SMILES string of the molecule is CC1CN(N2CCC(C(=O)OC(C)(C)C)CC2)CCN1OC(=O)C(=O)ON1CCN(N2CCC(C(=O)OC(C)(C)C)CC2)CC1. The summed E-state index contributed by atoms with van der Waals surface area (Å²) in [5.74, 6) is -2.47. The van der Waals surface area contributed by atoms with E-state index in [2.05, 4.69) is 20.0 Å². The van der Waals surface area contributed by atoms with Gasteiger partial charge in [0.15, 0.2) is 0 Å². The predicted octanol–water partition coefficient (Wildman–Crippen LogP) is 1.46. The van der Waals surface area contributed by atoms with Crippen LogP contribution in [-0.4, -0.2) is 143 Å². The lowest BCUT2D eigenvalue weighted by molar-refractivity contribution is -0.240. The number of hydrazine groups is 2. The van der Waals surface area contributed by atoms with Gasteiger partial charge in [0.25, 0.3) is 0 Å². The van der Waals surface area contributed by atoms with Crippen molar-refractivity contribution in [3.8, 4) is 0 Å². The second-order valence-electron chi connectivity index (χ2n) is 14.6. The average molecular weight is 639 g/mol. The molecule has 0 aliphatic carbocycles. The second kappa shape index (κ2) is 15.0. The van der Waals surface area contributed by atoms with E-state index in [1.54, 1.807) is 5.06 Å². The monoisotopic (exact) mass is 638 g/mol. The van der Waals surface area contributed by atoms with Crippen LogP contribution in [0.2, 0.25) is 0 Å². The Hall–Kier alpha value is -2.36. The first-order valence-electron chi connectivity index (χ1n) is 16.5. The van der Waals surface area contributed by atoms with E-state index in [1.807, 2.05) is 48.5 Å². The van der Waals surface area contributed by atoms with Crippen molar-refractivity contribution < 1.29 is 38.3 Å². The third-order valence-corrected chi connectivity index (χ3v) is 8.56. The first-order chi connectivity index (χ1) is 21.1. The Morgan fingerprint density at radius 1 is 0.533 bits per heavy atom. The van der Waals surface area contributed by atoms with Crippen LogP contribution in [0.5, 0.6) is 0 Å². The van der Waals surface area contributed by atoms with Crippen LogP contribution in [-0.2, 0) is 38.3 Å². The van der Waals surface area contributed by atoms with Gasteiger partial charge in [0.05, 0.1) is 17.9 Å².